The van der Waals surface area contributed by atoms with Gasteiger partial charge in [0.2, 0.25) is 0 Å². The van der Waals surface area contributed by atoms with E-state index in [1.54, 1.807) is 0 Å². The van der Waals surface area contributed by atoms with Gasteiger partial charge in [-0.1, -0.05) is 28.1 Å². The Balaban J connectivity index is 1.76. The van der Waals surface area contributed by atoms with Crippen LogP contribution in [0.5, 0.6) is 0 Å². The predicted molar refractivity (Wildman–Crippen MR) is 83.1 cm³/mol. The van der Waals surface area contributed by atoms with Crippen molar-refractivity contribution in [1.82, 2.24) is 15.5 Å². The van der Waals surface area contributed by atoms with Gasteiger partial charge in [0, 0.05) is 23.1 Å². The fraction of sp³-hybridized carbons (Fsp3) is 0.333. The number of rotatable bonds is 6. The molecule has 106 valence electrons. The third-order valence-corrected chi connectivity index (χ3v) is 3.86. The molecule has 0 aliphatic carbocycles. The van der Waals surface area contributed by atoms with Gasteiger partial charge in [-0.15, -0.1) is 0 Å². The molecule has 0 aliphatic heterocycles. The third-order valence-electron chi connectivity index (χ3n) is 3.21. The standard InChI is InChI=1S/C15H18BrN3O/c1-11-14(10-18-19-11)3-2-8-17-15(20)13-6-4-12(9-16)5-7-13/h4-7,10H,2-3,8-9H2,1H3,(H,17,20)(H,18,19). The van der Waals surface area contributed by atoms with Crippen LogP contribution in [0.25, 0.3) is 0 Å². The number of H-pyrrole nitrogens is 1. The van der Waals surface area contributed by atoms with Crippen molar-refractivity contribution < 1.29 is 4.79 Å². The van der Waals surface area contributed by atoms with Crippen molar-refractivity contribution in [3.05, 3.63) is 52.8 Å². The van der Waals surface area contributed by atoms with E-state index in [1.807, 2.05) is 37.4 Å². The Morgan fingerprint density at radius 3 is 2.70 bits per heavy atom. The second kappa shape index (κ2) is 7.24. The first kappa shape index (κ1) is 14.8. The average molecular weight is 336 g/mol. The molecule has 1 aromatic carbocycles. The molecule has 1 amide bonds. The molecule has 0 radical (unpaired) electrons. The maximum absolute atomic E-state index is 11.9. The van der Waals surface area contributed by atoms with E-state index in [0.29, 0.717) is 12.1 Å². The van der Waals surface area contributed by atoms with Crippen LogP contribution in [-0.2, 0) is 11.8 Å². The minimum absolute atomic E-state index is 0.0185. The molecule has 0 saturated heterocycles. The van der Waals surface area contributed by atoms with Crippen molar-refractivity contribution >= 4 is 21.8 Å². The number of nitrogens with zero attached hydrogens (tertiary/aromatic N) is 1. The molecule has 0 fully saturated rings. The van der Waals surface area contributed by atoms with Gasteiger partial charge < -0.3 is 5.32 Å². The van der Waals surface area contributed by atoms with Crippen LogP contribution >= 0.6 is 15.9 Å². The Kier molecular flexibility index (Phi) is 5.35. The molecule has 2 rings (SSSR count). The number of hydrogen-bond acceptors (Lipinski definition) is 2. The van der Waals surface area contributed by atoms with Crippen LogP contribution in [0.15, 0.2) is 30.5 Å². The Morgan fingerprint density at radius 1 is 1.35 bits per heavy atom. The van der Waals surface area contributed by atoms with Crippen molar-refractivity contribution in [2.75, 3.05) is 6.54 Å². The maximum atomic E-state index is 11.9. The molecule has 4 nitrogen and oxygen atoms in total. The van der Waals surface area contributed by atoms with E-state index in [1.165, 1.54) is 5.56 Å². The van der Waals surface area contributed by atoms with E-state index in [0.717, 1.165) is 29.4 Å². The molecule has 0 saturated carbocycles. The van der Waals surface area contributed by atoms with Gasteiger partial charge in [0.15, 0.2) is 0 Å². The lowest BCUT2D eigenvalue weighted by molar-refractivity contribution is 0.0953. The molecule has 0 bridgehead atoms. The highest BCUT2D eigenvalue weighted by Crippen LogP contribution is 2.08. The Morgan fingerprint density at radius 2 is 2.10 bits per heavy atom. The summed E-state index contributed by atoms with van der Waals surface area (Å²) in [7, 11) is 0. The maximum Gasteiger partial charge on any atom is 0.251 e. The molecule has 2 N–H and O–H groups in total. The number of amides is 1. The number of benzene rings is 1. The normalized spacial score (nSPS) is 10.5. The molecule has 1 aromatic heterocycles. The van der Waals surface area contributed by atoms with Crippen molar-refractivity contribution in [1.29, 1.82) is 0 Å². The van der Waals surface area contributed by atoms with Gasteiger partial charge >= 0.3 is 0 Å². The molecule has 2 aromatic rings. The van der Waals surface area contributed by atoms with Crippen molar-refractivity contribution in [3.63, 3.8) is 0 Å². The van der Waals surface area contributed by atoms with Crippen LogP contribution < -0.4 is 5.32 Å². The summed E-state index contributed by atoms with van der Waals surface area (Å²) in [5, 5.41) is 10.6. The summed E-state index contributed by atoms with van der Waals surface area (Å²) in [5.74, 6) is -0.0185. The van der Waals surface area contributed by atoms with Crippen LogP contribution in [0.2, 0.25) is 0 Å². The number of hydrogen-bond donors (Lipinski definition) is 2. The SMILES string of the molecule is Cc1[nH]ncc1CCCNC(=O)c1ccc(CBr)cc1. The topological polar surface area (TPSA) is 57.8 Å². The highest BCUT2D eigenvalue weighted by molar-refractivity contribution is 9.08. The molecule has 1 heterocycles. The summed E-state index contributed by atoms with van der Waals surface area (Å²) in [6, 6.07) is 7.62. The van der Waals surface area contributed by atoms with Crippen molar-refractivity contribution in [3.8, 4) is 0 Å². The summed E-state index contributed by atoms with van der Waals surface area (Å²) >= 11 is 3.39. The van der Waals surface area contributed by atoms with Crippen molar-refractivity contribution in [2.45, 2.75) is 25.1 Å². The van der Waals surface area contributed by atoms with Gasteiger partial charge in [-0.25, -0.2) is 0 Å². The number of aromatic nitrogens is 2. The lowest BCUT2D eigenvalue weighted by Gasteiger charge is -2.05. The molecule has 5 heteroatoms. The fourth-order valence-corrected chi connectivity index (χ4v) is 2.33. The largest absolute Gasteiger partial charge is 0.352 e. The van der Waals surface area contributed by atoms with E-state index < -0.39 is 0 Å². The average Bonchev–Trinajstić information content (AvgIpc) is 2.89. The van der Waals surface area contributed by atoms with Crippen LogP contribution in [0, 0.1) is 6.92 Å². The monoisotopic (exact) mass is 335 g/mol. The lowest BCUT2D eigenvalue weighted by atomic mass is 10.1. The first-order chi connectivity index (χ1) is 9.70. The molecule has 0 aliphatic rings. The minimum atomic E-state index is -0.0185. The lowest BCUT2D eigenvalue weighted by Crippen LogP contribution is -2.24. The first-order valence-electron chi connectivity index (χ1n) is 6.62. The number of aromatic amines is 1. The zero-order valence-corrected chi connectivity index (χ0v) is 13.0. The number of carbonyl (C=O) groups is 1. The summed E-state index contributed by atoms with van der Waals surface area (Å²) in [6.07, 6.45) is 3.67. The highest BCUT2D eigenvalue weighted by atomic mass is 79.9. The zero-order chi connectivity index (χ0) is 14.4. The second-order valence-electron chi connectivity index (χ2n) is 4.71. The van der Waals surface area contributed by atoms with Gasteiger partial charge in [0.05, 0.1) is 6.20 Å². The second-order valence-corrected chi connectivity index (χ2v) is 5.27. The summed E-state index contributed by atoms with van der Waals surface area (Å²) in [6.45, 7) is 2.68. The van der Waals surface area contributed by atoms with Crippen LogP contribution in [0.1, 0.15) is 33.6 Å². The number of alkyl halides is 1. The first-order valence-corrected chi connectivity index (χ1v) is 7.75. The quantitative estimate of drug-likeness (QED) is 0.629. The van der Waals surface area contributed by atoms with Crippen LogP contribution in [-0.4, -0.2) is 22.6 Å². The van der Waals surface area contributed by atoms with Gasteiger partial charge in [-0.2, -0.15) is 5.10 Å². The van der Waals surface area contributed by atoms with E-state index in [2.05, 4.69) is 31.4 Å². The fourth-order valence-electron chi connectivity index (χ4n) is 1.96. The van der Waals surface area contributed by atoms with Crippen molar-refractivity contribution in [2.24, 2.45) is 0 Å². The molecular weight excluding hydrogens is 318 g/mol. The summed E-state index contributed by atoms with van der Waals surface area (Å²) in [4.78, 5) is 11.9. The van der Waals surface area contributed by atoms with E-state index in [9.17, 15) is 4.79 Å². The molecule has 0 atom stereocenters. The van der Waals surface area contributed by atoms with Gasteiger partial charge in [-0.3, -0.25) is 9.89 Å². The predicted octanol–water partition coefficient (Wildman–Crippen LogP) is 2.98. The number of halogens is 1. The highest BCUT2D eigenvalue weighted by Gasteiger charge is 2.05. The minimum Gasteiger partial charge on any atom is -0.352 e. The smallest absolute Gasteiger partial charge is 0.251 e. The Labute approximate surface area is 127 Å². The number of carbonyl (C=O) groups excluding carboxylic acids is 1. The number of aryl methyl sites for hydroxylation is 2. The van der Waals surface area contributed by atoms with Gasteiger partial charge in [-0.05, 0) is 43.0 Å². The zero-order valence-electron chi connectivity index (χ0n) is 11.4. The molecule has 0 unspecified atom stereocenters. The Hall–Kier alpha value is -1.62. The molecule has 20 heavy (non-hydrogen) atoms. The van der Waals surface area contributed by atoms with E-state index in [4.69, 9.17) is 0 Å². The summed E-state index contributed by atoms with van der Waals surface area (Å²) in [5.41, 5.74) is 4.17. The van der Waals surface area contributed by atoms with Crippen LogP contribution in [0.3, 0.4) is 0 Å². The molecular formula is C15H18BrN3O. The van der Waals surface area contributed by atoms with Crippen LogP contribution in [0.4, 0.5) is 0 Å². The Bertz CT molecular complexity index is 563. The third kappa shape index (κ3) is 3.93. The van der Waals surface area contributed by atoms with E-state index in [-0.39, 0.29) is 5.91 Å². The number of nitrogens with one attached hydrogen (secondary N) is 2. The summed E-state index contributed by atoms with van der Waals surface area (Å²) < 4.78 is 0. The van der Waals surface area contributed by atoms with Gasteiger partial charge in [0.1, 0.15) is 0 Å². The van der Waals surface area contributed by atoms with E-state index >= 15 is 0 Å². The molecule has 0 spiro atoms. The van der Waals surface area contributed by atoms with Gasteiger partial charge in [0.25, 0.3) is 5.91 Å².